The zero-order chi connectivity index (χ0) is 12.6. The minimum atomic E-state index is -0.234. The summed E-state index contributed by atoms with van der Waals surface area (Å²) in [5, 5.41) is 3.12. The minimum absolute atomic E-state index is 0.0463. The first kappa shape index (κ1) is 11.5. The van der Waals surface area contributed by atoms with Crippen LogP contribution in [0.2, 0.25) is 0 Å². The summed E-state index contributed by atoms with van der Waals surface area (Å²) >= 11 is 0. The lowest BCUT2D eigenvalue weighted by Crippen LogP contribution is -2.62. The summed E-state index contributed by atoms with van der Waals surface area (Å²) in [5.74, 6) is 0.344. The first-order valence-corrected chi connectivity index (χ1v) is 6.62. The second kappa shape index (κ2) is 4.23. The summed E-state index contributed by atoms with van der Waals surface area (Å²) in [4.78, 5) is 23.8. The number of amides is 1. The summed E-state index contributed by atoms with van der Waals surface area (Å²) in [5.41, 5.74) is 0.443. The molecule has 0 aromatic heterocycles. The van der Waals surface area contributed by atoms with Gasteiger partial charge in [-0.2, -0.15) is 0 Å². The van der Waals surface area contributed by atoms with E-state index in [1.54, 1.807) is 0 Å². The molecule has 94 valence electrons. The molecule has 0 heterocycles. The van der Waals surface area contributed by atoms with Crippen molar-refractivity contribution in [2.75, 3.05) is 0 Å². The smallest absolute Gasteiger partial charge is 0.251 e. The van der Waals surface area contributed by atoms with Crippen molar-refractivity contribution in [2.45, 2.75) is 37.6 Å². The average Bonchev–Trinajstić information content (AvgIpc) is 2.35. The highest BCUT2D eigenvalue weighted by Crippen LogP contribution is 2.45. The average molecular weight is 243 g/mol. The maximum atomic E-state index is 12.2. The Morgan fingerprint density at radius 3 is 2.39 bits per heavy atom. The molecule has 1 unspecified atom stereocenters. The van der Waals surface area contributed by atoms with Gasteiger partial charge in [0, 0.05) is 17.9 Å². The van der Waals surface area contributed by atoms with Crippen LogP contribution in [0.4, 0.5) is 0 Å². The zero-order valence-electron chi connectivity index (χ0n) is 10.3. The van der Waals surface area contributed by atoms with Gasteiger partial charge in [-0.15, -0.1) is 0 Å². The third-order valence-corrected chi connectivity index (χ3v) is 4.38. The maximum absolute atomic E-state index is 12.2. The van der Waals surface area contributed by atoms with Crippen LogP contribution in [-0.4, -0.2) is 17.2 Å². The van der Waals surface area contributed by atoms with Crippen molar-refractivity contribution in [1.29, 1.82) is 0 Å². The zero-order valence-corrected chi connectivity index (χ0v) is 10.3. The van der Waals surface area contributed by atoms with Crippen LogP contribution in [0.1, 0.15) is 42.5 Å². The van der Waals surface area contributed by atoms with Crippen LogP contribution in [0, 0.1) is 5.92 Å². The number of hydrogen-bond donors (Lipinski definition) is 1. The lowest BCUT2D eigenvalue weighted by atomic mass is 9.60. The van der Waals surface area contributed by atoms with E-state index in [-0.39, 0.29) is 17.4 Å². The number of nitrogens with one attached hydrogen (secondary N) is 1. The minimum Gasteiger partial charge on any atom is -0.346 e. The van der Waals surface area contributed by atoms with E-state index in [4.69, 9.17) is 0 Å². The van der Waals surface area contributed by atoms with Crippen molar-refractivity contribution in [2.24, 2.45) is 5.92 Å². The van der Waals surface area contributed by atoms with Crippen LogP contribution < -0.4 is 5.32 Å². The fourth-order valence-electron chi connectivity index (χ4n) is 3.00. The monoisotopic (exact) mass is 243 g/mol. The SMILES string of the molecule is O=C(NC1(C2CCC2=O)CCC1)c1ccccc1. The van der Waals surface area contributed by atoms with Crippen molar-refractivity contribution in [3.63, 3.8) is 0 Å². The van der Waals surface area contributed by atoms with Gasteiger partial charge in [0.25, 0.3) is 5.91 Å². The van der Waals surface area contributed by atoms with Gasteiger partial charge in [0.05, 0.1) is 5.54 Å². The van der Waals surface area contributed by atoms with Gasteiger partial charge in [0.2, 0.25) is 0 Å². The molecule has 3 heteroatoms. The second-order valence-electron chi connectivity index (χ2n) is 5.39. The van der Waals surface area contributed by atoms with Crippen LogP contribution >= 0.6 is 0 Å². The Balaban J connectivity index is 1.75. The van der Waals surface area contributed by atoms with Gasteiger partial charge in [0.1, 0.15) is 5.78 Å². The number of hydrogen-bond acceptors (Lipinski definition) is 2. The molecule has 2 aliphatic carbocycles. The van der Waals surface area contributed by atoms with E-state index in [1.165, 1.54) is 0 Å². The maximum Gasteiger partial charge on any atom is 0.251 e. The summed E-state index contributed by atoms with van der Waals surface area (Å²) in [6.07, 6.45) is 4.63. The van der Waals surface area contributed by atoms with Gasteiger partial charge in [-0.3, -0.25) is 9.59 Å². The molecular formula is C15H17NO2. The third-order valence-electron chi connectivity index (χ3n) is 4.38. The lowest BCUT2D eigenvalue weighted by molar-refractivity contribution is -0.135. The molecule has 2 fully saturated rings. The first-order chi connectivity index (χ1) is 8.71. The van der Waals surface area contributed by atoms with Gasteiger partial charge >= 0.3 is 0 Å². The van der Waals surface area contributed by atoms with Crippen LogP contribution in [0.3, 0.4) is 0 Å². The van der Waals surface area contributed by atoms with Gasteiger partial charge in [-0.1, -0.05) is 18.2 Å². The molecule has 3 nitrogen and oxygen atoms in total. The van der Waals surface area contributed by atoms with Crippen LogP contribution in [-0.2, 0) is 4.79 Å². The molecule has 2 saturated carbocycles. The number of carbonyl (C=O) groups excluding carboxylic acids is 2. The Kier molecular flexibility index (Phi) is 2.69. The van der Waals surface area contributed by atoms with Gasteiger partial charge in [-0.25, -0.2) is 0 Å². The molecule has 1 aromatic carbocycles. The summed E-state index contributed by atoms with van der Waals surface area (Å²) in [6, 6.07) is 9.23. The molecule has 3 rings (SSSR count). The molecule has 2 aliphatic rings. The molecule has 0 aliphatic heterocycles. The van der Waals surface area contributed by atoms with Crippen molar-refractivity contribution in [3.05, 3.63) is 35.9 Å². The first-order valence-electron chi connectivity index (χ1n) is 6.62. The molecule has 0 radical (unpaired) electrons. The lowest BCUT2D eigenvalue weighted by Gasteiger charge is -2.50. The van der Waals surface area contributed by atoms with E-state index < -0.39 is 0 Å². The summed E-state index contributed by atoms with van der Waals surface area (Å²) < 4.78 is 0. The molecule has 1 amide bonds. The summed E-state index contributed by atoms with van der Waals surface area (Å²) in [7, 11) is 0. The molecule has 1 aromatic rings. The van der Waals surface area contributed by atoms with Gasteiger partial charge in [-0.05, 0) is 37.8 Å². The quantitative estimate of drug-likeness (QED) is 0.885. The Hall–Kier alpha value is -1.64. The van der Waals surface area contributed by atoms with Crippen LogP contribution in [0.5, 0.6) is 0 Å². The number of ketones is 1. The Bertz CT molecular complexity index is 477. The predicted octanol–water partition coefficient (Wildman–Crippen LogP) is 2.32. The molecule has 1 atom stereocenters. The van der Waals surface area contributed by atoms with E-state index in [0.29, 0.717) is 17.8 Å². The topological polar surface area (TPSA) is 46.2 Å². The molecule has 0 saturated heterocycles. The van der Waals surface area contributed by atoms with Crippen LogP contribution in [0.25, 0.3) is 0 Å². The van der Waals surface area contributed by atoms with Crippen molar-refractivity contribution < 1.29 is 9.59 Å². The molecular weight excluding hydrogens is 226 g/mol. The van der Waals surface area contributed by atoms with Crippen molar-refractivity contribution >= 4 is 11.7 Å². The van der Waals surface area contributed by atoms with E-state index in [9.17, 15) is 9.59 Å². The standard InChI is InChI=1S/C15H17NO2/c17-13-8-7-12(13)15(9-4-10-15)16-14(18)11-5-2-1-3-6-11/h1-3,5-6,12H,4,7-10H2,(H,16,18). The fourth-order valence-corrected chi connectivity index (χ4v) is 3.00. The Morgan fingerprint density at radius 2 is 1.94 bits per heavy atom. The van der Waals surface area contributed by atoms with Crippen LogP contribution in [0.15, 0.2) is 30.3 Å². The normalized spacial score (nSPS) is 24.9. The van der Waals surface area contributed by atoms with Gasteiger partial charge < -0.3 is 5.32 Å². The van der Waals surface area contributed by atoms with E-state index in [0.717, 1.165) is 25.7 Å². The predicted molar refractivity (Wildman–Crippen MR) is 68.2 cm³/mol. The number of rotatable bonds is 3. The van der Waals surface area contributed by atoms with Crippen molar-refractivity contribution in [1.82, 2.24) is 5.32 Å². The number of carbonyl (C=O) groups is 2. The van der Waals surface area contributed by atoms with E-state index >= 15 is 0 Å². The highest BCUT2D eigenvalue weighted by Gasteiger charge is 2.51. The highest BCUT2D eigenvalue weighted by molar-refractivity contribution is 5.96. The number of benzene rings is 1. The third kappa shape index (κ3) is 1.74. The largest absolute Gasteiger partial charge is 0.346 e. The van der Waals surface area contributed by atoms with E-state index in [2.05, 4.69) is 5.32 Å². The van der Waals surface area contributed by atoms with Gasteiger partial charge in [0.15, 0.2) is 0 Å². The number of Topliss-reactive ketones (excluding diaryl/α,β-unsaturated/α-hetero) is 1. The second-order valence-corrected chi connectivity index (χ2v) is 5.39. The Morgan fingerprint density at radius 1 is 1.22 bits per heavy atom. The molecule has 0 spiro atoms. The van der Waals surface area contributed by atoms with E-state index in [1.807, 2.05) is 30.3 Å². The summed E-state index contributed by atoms with van der Waals surface area (Å²) in [6.45, 7) is 0. The molecule has 18 heavy (non-hydrogen) atoms. The van der Waals surface area contributed by atoms with Crippen molar-refractivity contribution in [3.8, 4) is 0 Å². The Labute approximate surface area is 107 Å². The highest BCUT2D eigenvalue weighted by atomic mass is 16.2. The molecule has 0 bridgehead atoms. The fraction of sp³-hybridized carbons (Fsp3) is 0.467. The molecule has 1 N–H and O–H groups in total.